The quantitative estimate of drug-likeness (QED) is 0.819. The Bertz CT molecular complexity index is 433. The highest BCUT2D eigenvalue weighted by Gasteiger charge is 2.31. The van der Waals surface area contributed by atoms with E-state index < -0.39 is 0 Å². The van der Waals surface area contributed by atoms with Crippen molar-refractivity contribution in [2.24, 2.45) is 11.8 Å². The van der Waals surface area contributed by atoms with Crippen molar-refractivity contribution in [3.8, 4) is 0 Å². The highest BCUT2D eigenvalue weighted by atomic mass is 19.1. The van der Waals surface area contributed by atoms with E-state index in [1.54, 1.807) is 0 Å². The van der Waals surface area contributed by atoms with Crippen LogP contribution in [0.5, 0.6) is 0 Å². The van der Waals surface area contributed by atoms with E-state index in [0.717, 1.165) is 13.0 Å². The Hall–Kier alpha value is -0.960. The van der Waals surface area contributed by atoms with Crippen molar-refractivity contribution in [2.45, 2.75) is 52.0 Å². The fourth-order valence-corrected chi connectivity index (χ4v) is 3.41. The normalized spacial score (nSPS) is 24.0. The molecule has 1 saturated carbocycles. The summed E-state index contributed by atoms with van der Waals surface area (Å²) in [7, 11) is 0. The van der Waals surface area contributed by atoms with Crippen LogP contribution in [0.25, 0.3) is 0 Å². The summed E-state index contributed by atoms with van der Waals surface area (Å²) < 4.78 is 27.2. The first-order valence-corrected chi connectivity index (χ1v) is 7.79. The molecule has 20 heavy (non-hydrogen) atoms. The van der Waals surface area contributed by atoms with E-state index in [4.69, 9.17) is 0 Å². The molecule has 0 heterocycles. The van der Waals surface area contributed by atoms with Crippen LogP contribution in [0.15, 0.2) is 18.2 Å². The minimum absolute atomic E-state index is 0.253. The molecule has 1 aromatic rings. The van der Waals surface area contributed by atoms with E-state index in [1.807, 2.05) is 0 Å². The van der Waals surface area contributed by atoms with Crippen LogP contribution in [0, 0.1) is 23.5 Å². The Morgan fingerprint density at radius 2 is 2.10 bits per heavy atom. The first-order chi connectivity index (χ1) is 9.61. The maximum absolute atomic E-state index is 13.8. The molecule has 112 valence electrons. The number of hydrogen-bond acceptors (Lipinski definition) is 1. The van der Waals surface area contributed by atoms with Gasteiger partial charge in [0.15, 0.2) is 0 Å². The van der Waals surface area contributed by atoms with Gasteiger partial charge in [0, 0.05) is 6.04 Å². The van der Waals surface area contributed by atoms with Gasteiger partial charge in [-0.3, -0.25) is 0 Å². The van der Waals surface area contributed by atoms with Crippen LogP contribution in [-0.2, 0) is 6.42 Å². The van der Waals surface area contributed by atoms with E-state index in [1.165, 1.54) is 37.5 Å². The van der Waals surface area contributed by atoms with Gasteiger partial charge >= 0.3 is 0 Å². The van der Waals surface area contributed by atoms with Crippen LogP contribution >= 0.6 is 0 Å². The molecule has 3 atom stereocenters. The Morgan fingerprint density at radius 3 is 2.75 bits per heavy atom. The molecule has 1 aromatic carbocycles. The molecule has 1 nitrogen and oxygen atoms in total. The van der Waals surface area contributed by atoms with Gasteiger partial charge in [0.2, 0.25) is 0 Å². The van der Waals surface area contributed by atoms with E-state index in [-0.39, 0.29) is 17.7 Å². The lowest BCUT2D eigenvalue weighted by Crippen LogP contribution is -2.39. The van der Waals surface area contributed by atoms with Gasteiger partial charge in [0.25, 0.3) is 0 Å². The summed E-state index contributed by atoms with van der Waals surface area (Å²) >= 11 is 0. The second-order valence-corrected chi connectivity index (χ2v) is 6.07. The van der Waals surface area contributed by atoms with Gasteiger partial charge in [-0.25, -0.2) is 8.78 Å². The monoisotopic (exact) mass is 281 g/mol. The zero-order valence-electron chi connectivity index (χ0n) is 12.5. The Kier molecular flexibility index (Phi) is 5.53. The molecule has 1 aliphatic carbocycles. The Balaban J connectivity index is 2.12. The summed E-state index contributed by atoms with van der Waals surface area (Å²) in [5.74, 6) is 0.598. The predicted molar refractivity (Wildman–Crippen MR) is 78.6 cm³/mol. The van der Waals surface area contributed by atoms with Gasteiger partial charge in [-0.1, -0.05) is 26.7 Å². The molecule has 3 heteroatoms. The molecule has 0 amide bonds. The predicted octanol–water partition coefficient (Wildman–Crippen LogP) is 4.31. The lowest BCUT2D eigenvalue weighted by atomic mass is 9.86. The molecule has 1 N–H and O–H groups in total. The fourth-order valence-electron chi connectivity index (χ4n) is 3.41. The minimum Gasteiger partial charge on any atom is -0.313 e. The third-order valence-electron chi connectivity index (χ3n) is 4.55. The van der Waals surface area contributed by atoms with Gasteiger partial charge in [-0.15, -0.1) is 0 Å². The van der Waals surface area contributed by atoms with Crippen LogP contribution in [0.1, 0.15) is 45.1 Å². The van der Waals surface area contributed by atoms with Gasteiger partial charge in [0.1, 0.15) is 11.6 Å². The SMILES string of the molecule is CCCNC(Cc1cc(F)ccc1F)C1CCCC1C. The highest BCUT2D eigenvalue weighted by molar-refractivity contribution is 5.20. The fraction of sp³-hybridized carbons (Fsp3) is 0.647. The van der Waals surface area contributed by atoms with Gasteiger partial charge in [-0.2, -0.15) is 0 Å². The van der Waals surface area contributed by atoms with Gasteiger partial charge in [0.05, 0.1) is 0 Å². The highest BCUT2D eigenvalue weighted by Crippen LogP contribution is 2.35. The zero-order chi connectivity index (χ0) is 14.5. The molecule has 1 aliphatic rings. The molecule has 2 rings (SSSR count). The third kappa shape index (κ3) is 3.78. The van der Waals surface area contributed by atoms with Crippen molar-refractivity contribution >= 4 is 0 Å². The van der Waals surface area contributed by atoms with Crippen LogP contribution in [0.3, 0.4) is 0 Å². The van der Waals surface area contributed by atoms with E-state index in [0.29, 0.717) is 23.8 Å². The average molecular weight is 281 g/mol. The van der Waals surface area contributed by atoms with Crippen molar-refractivity contribution in [3.05, 3.63) is 35.4 Å². The molecule has 0 radical (unpaired) electrons. The van der Waals surface area contributed by atoms with Crippen LogP contribution < -0.4 is 5.32 Å². The van der Waals surface area contributed by atoms with E-state index in [2.05, 4.69) is 19.2 Å². The van der Waals surface area contributed by atoms with Crippen molar-refractivity contribution in [1.82, 2.24) is 5.32 Å². The second kappa shape index (κ2) is 7.16. The number of hydrogen-bond donors (Lipinski definition) is 1. The molecule has 0 aliphatic heterocycles. The summed E-state index contributed by atoms with van der Waals surface area (Å²) in [5, 5.41) is 3.55. The molecular weight excluding hydrogens is 256 g/mol. The zero-order valence-corrected chi connectivity index (χ0v) is 12.5. The summed E-state index contributed by atoms with van der Waals surface area (Å²) in [6.07, 6.45) is 5.34. The summed E-state index contributed by atoms with van der Waals surface area (Å²) in [4.78, 5) is 0. The minimum atomic E-state index is -0.352. The van der Waals surface area contributed by atoms with Crippen molar-refractivity contribution < 1.29 is 8.78 Å². The van der Waals surface area contributed by atoms with E-state index in [9.17, 15) is 8.78 Å². The second-order valence-electron chi connectivity index (χ2n) is 6.07. The molecule has 0 bridgehead atoms. The van der Waals surface area contributed by atoms with Gasteiger partial charge < -0.3 is 5.32 Å². The largest absolute Gasteiger partial charge is 0.313 e. The maximum Gasteiger partial charge on any atom is 0.126 e. The molecule has 0 spiro atoms. The van der Waals surface area contributed by atoms with Crippen molar-refractivity contribution in [3.63, 3.8) is 0 Å². The summed E-state index contributed by atoms with van der Waals surface area (Å²) in [6, 6.07) is 4.02. The molecule has 1 fully saturated rings. The van der Waals surface area contributed by atoms with Crippen molar-refractivity contribution in [1.29, 1.82) is 0 Å². The molecule has 0 saturated heterocycles. The van der Waals surface area contributed by atoms with Crippen LogP contribution in [-0.4, -0.2) is 12.6 Å². The van der Waals surface area contributed by atoms with Crippen LogP contribution in [0.4, 0.5) is 8.78 Å². The molecule has 0 aromatic heterocycles. The summed E-state index contributed by atoms with van der Waals surface area (Å²) in [6.45, 7) is 5.34. The number of halogens is 2. The third-order valence-corrected chi connectivity index (χ3v) is 4.55. The number of benzene rings is 1. The lowest BCUT2D eigenvalue weighted by Gasteiger charge is -2.28. The lowest BCUT2D eigenvalue weighted by molar-refractivity contribution is 0.293. The first kappa shape index (κ1) is 15.4. The number of rotatable bonds is 6. The van der Waals surface area contributed by atoms with Gasteiger partial charge in [-0.05, 0) is 61.4 Å². The standard InChI is InChI=1S/C17H25F2N/c1-3-9-20-17(15-6-4-5-12(15)2)11-13-10-14(18)7-8-16(13)19/h7-8,10,12,15,17,20H,3-6,9,11H2,1-2H3. The summed E-state index contributed by atoms with van der Waals surface area (Å²) in [5.41, 5.74) is 0.498. The Morgan fingerprint density at radius 1 is 1.30 bits per heavy atom. The topological polar surface area (TPSA) is 12.0 Å². The maximum atomic E-state index is 13.8. The van der Waals surface area contributed by atoms with E-state index >= 15 is 0 Å². The molecule has 3 unspecified atom stereocenters. The van der Waals surface area contributed by atoms with Crippen LogP contribution in [0.2, 0.25) is 0 Å². The molecular formula is C17H25F2N. The smallest absolute Gasteiger partial charge is 0.126 e. The first-order valence-electron chi connectivity index (χ1n) is 7.79. The average Bonchev–Trinajstić information content (AvgIpc) is 2.84. The number of nitrogens with one attached hydrogen (secondary N) is 1. The van der Waals surface area contributed by atoms with Crippen molar-refractivity contribution in [2.75, 3.05) is 6.54 Å². The Labute approximate surface area is 120 Å².